The molecule has 0 fully saturated rings. The number of hydrogen-bond acceptors (Lipinski definition) is 1. The van der Waals surface area contributed by atoms with E-state index in [4.69, 9.17) is 4.74 Å². The third-order valence-corrected chi connectivity index (χ3v) is 5.95. The van der Waals surface area contributed by atoms with E-state index in [0.717, 1.165) is 29.9 Å². The van der Waals surface area contributed by atoms with Gasteiger partial charge in [0.25, 0.3) is 0 Å². The summed E-state index contributed by atoms with van der Waals surface area (Å²) in [7, 11) is 0. The van der Waals surface area contributed by atoms with Gasteiger partial charge in [0, 0.05) is 11.1 Å². The van der Waals surface area contributed by atoms with Gasteiger partial charge in [-0.25, -0.2) is 0 Å². The molecule has 1 nitrogen and oxygen atoms in total. The molecule has 0 radical (unpaired) electrons. The summed E-state index contributed by atoms with van der Waals surface area (Å²) < 4.78 is 5.85. The van der Waals surface area contributed by atoms with E-state index in [0.29, 0.717) is 0 Å². The Kier molecular flexibility index (Phi) is 10.2. The lowest BCUT2D eigenvalue weighted by atomic mass is 10.0. The Morgan fingerprint density at radius 3 is 2.00 bits per heavy atom. The number of fused-ring (bicyclic) bond motifs is 1. The fourth-order valence-corrected chi connectivity index (χ4v) is 3.96. The maximum atomic E-state index is 5.85. The van der Waals surface area contributed by atoms with E-state index in [1.54, 1.807) is 0 Å². The third kappa shape index (κ3) is 8.08. The van der Waals surface area contributed by atoms with E-state index >= 15 is 0 Å². The second-order valence-corrected chi connectivity index (χ2v) is 8.74. The summed E-state index contributed by atoms with van der Waals surface area (Å²) in [5, 5.41) is 2.57. The molecule has 0 heterocycles. The molecular weight excluding hydrogens is 388 g/mol. The molecule has 0 saturated carbocycles. The predicted octanol–water partition coefficient (Wildman–Crippen LogP) is 8.71. The molecule has 0 bridgehead atoms. The van der Waals surface area contributed by atoms with Gasteiger partial charge < -0.3 is 4.74 Å². The molecule has 0 N–H and O–H groups in total. The van der Waals surface area contributed by atoms with Gasteiger partial charge in [0.1, 0.15) is 5.75 Å². The van der Waals surface area contributed by atoms with Gasteiger partial charge in [-0.05, 0) is 72.0 Å². The fourth-order valence-electron chi connectivity index (χ4n) is 3.96. The van der Waals surface area contributed by atoms with E-state index in [1.165, 1.54) is 74.1 Å². The zero-order valence-corrected chi connectivity index (χ0v) is 20.0. The molecule has 0 unspecified atom stereocenters. The van der Waals surface area contributed by atoms with E-state index in [2.05, 4.69) is 62.1 Å². The third-order valence-electron chi connectivity index (χ3n) is 5.95. The van der Waals surface area contributed by atoms with E-state index < -0.39 is 0 Å². The normalized spacial score (nSPS) is 10.7. The molecule has 0 aromatic heterocycles. The van der Waals surface area contributed by atoms with Crippen molar-refractivity contribution in [3.05, 3.63) is 77.4 Å². The molecule has 0 aliphatic rings. The van der Waals surface area contributed by atoms with Crippen molar-refractivity contribution in [3.8, 4) is 17.6 Å². The molecule has 3 aromatic rings. The van der Waals surface area contributed by atoms with E-state index in [9.17, 15) is 0 Å². The Hall–Kier alpha value is -2.72. The molecule has 0 atom stereocenters. The molecule has 1 heteroatoms. The topological polar surface area (TPSA) is 9.23 Å². The van der Waals surface area contributed by atoms with Crippen LogP contribution in [-0.4, -0.2) is 6.61 Å². The lowest BCUT2D eigenvalue weighted by Gasteiger charge is -2.06. The van der Waals surface area contributed by atoms with Crippen molar-refractivity contribution in [3.63, 3.8) is 0 Å². The zero-order valence-electron chi connectivity index (χ0n) is 20.0. The van der Waals surface area contributed by atoms with Crippen LogP contribution in [0.1, 0.15) is 88.3 Å². The van der Waals surface area contributed by atoms with Crippen LogP contribution >= 0.6 is 0 Å². The van der Waals surface area contributed by atoms with Gasteiger partial charge in [-0.15, -0.1) is 0 Å². The first-order valence-electron chi connectivity index (χ1n) is 12.6. The van der Waals surface area contributed by atoms with Crippen LogP contribution in [0.15, 0.2) is 60.7 Å². The summed E-state index contributed by atoms with van der Waals surface area (Å²) in [6.07, 6.45) is 12.7. The van der Waals surface area contributed by atoms with Gasteiger partial charge in [0.15, 0.2) is 0 Å². The van der Waals surface area contributed by atoms with Gasteiger partial charge in [0.2, 0.25) is 0 Å². The van der Waals surface area contributed by atoms with Crippen LogP contribution in [0.25, 0.3) is 10.8 Å². The quantitative estimate of drug-likeness (QED) is 0.208. The largest absolute Gasteiger partial charge is 0.494 e. The Morgan fingerprint density at radius 2 is 1.22 bits per heavy atom. The molecular formula is C31H38O. The lowest BCUT2D eigenvalue weighted by Crippen LogP contribution is -1.97. The first-order valence-corrected chi connectivity index (χ1v) is 12.6. The molecule has 3 aromatic carbocycles. The average Bonchev–Trinajstić information content (AvgIpc) is 2.83. The number of unbranched alkanes of at least 4 members (excludes halogenated alkanes) is 7. The summed E-state index contributed by atoms with van der Waals surface area (Å²) in [6, 6.07) is 21.5. The second kappa shape index (κ2) is 13.6. The van der Waals surface area contributed by atoms with Crippen LogP contribution in [0.5, 0.6) is 5.75 Å². The highest BCUT2D eigenvalue weighted by Crippen LogP contribution is 2.20. The van der Waals surface area contributed by atoms with Crippen molar-refractivity contribution in [2.75, 3.05) is 6.61 Å². The van der Waals surface area contributed by atoms with Gasteiger partial charge in [-0.3, -0.25) is 0 Å². The Labute approximate surface area is 195 Å². The molecule has 0 saturated heterocycles. The highest BCUT2D eigenvalue weighted by atomic mass is 16.5. The minimum Gasteiger partial charge on any atom is -0.494 e. The molecule has 32 heavy (non-hydrogen) atoms. The number of benzene rings is 3. The van der Waals surface area contributed by atoms with Crippen molar-refractivity contribution in [1.29, 1.82) is 0 Å². The second-order valence-electron chi connectivity index (χ2n) is 8.74. The first-order chi connectivity index (χ1) is 15.8. The number of ether oxygens (including phenoxy) is 1. The molecule has 0 spiro atoms. The maximum Gasteiger partial charge on any atom is 0.119 e. The molecule has 0 aliphatic heterocycles. The predicted molar refractivity (Wildman–Crippen MR) is 138 cm³/mol. The van der Waals surface area contributed by atoms with Crippen molar-refractivity contribution >= 4 is 10.8 Å². The van der Waals surface area contributed by atoms with Crippen LogP contribution in [0.2, 0.25) is 0 Å². The molecule has 168 valence electrons. The van der Waals surface area contributed by atoms with Crippen molar-refractivity contribution < 1.29 is 4.74 Å². The van der Waals surface area contributed by atoms with Crippen LogP contribution < -0.4 is 4.74 Å². The number of rotatable bonds is 12. The summed E-state index contributed by atoms with van der Waals surface area (Å²) in [4.78, 5) is 0. The molecule has 0 amide bonds. The minimum atomic E-state index is 0.798. The number of aryl methyl sites for hydroxylation is 1. The number of hydrogen-bond donors (Lipinski definition) is 0. The Balaban J connectivity index is 1.53. The van der Waals surface area contributed by atoms with Crippen molar-refractivity contribution in [1.82, 2.24) is 0 Å². The first kappa shape index (κ1) is 23.9. The van der Waals surface area contributed by atoms with Crippen LogP contribution in [0, 0.1) is 11.8 Å². The summed E-state index contributed by atoms with van der Waals surface area (Å²) in [5.74, 6) is 7.54. The van der Waals surface area contributed by atoms with Gasteiger partial charge >= 0.3 is 0 Å². The van der Waals surface area contributed by atoms with Crippen LogP contribution in [0.4, 0.5) is 0 Å². The Morgan fingerprint density at radius 1 is 0.594 bits per heavy atom. The smallest absolute Gasteiger partial charge is 0.119 e. The molecule has 3 rings (SSSR count). The highest BCUT2D eigenvalue weighted by molar-refractivity contribution is 5.84. The van der Waals surface area contributed by atoms with E-state index in [-0.39, 0.29) is 0 Å². The van der Waals surface area contributed by atoms with Gasteiger partial charge in [-0.2, -0.15) is 0 Å². The lowest BCUT2D eigenvalue weighted by molar-refractivity contribution is 0.304. The van der Waals surface area contributed by atoms with E-state index in [1.807, 2.05) is 24.3 Å². The SMILES string of the molecule is CCCCCCCOc1ccc(C#Cc2ccc3cc(CCCCCC)ccc3c2)cc1. The summed E-state index contributed by atoms with van der Waals surface area (Å²) in [5.41, 5.74) is 3.51. The zero-order chi connectivity index (χ0) is 22.4. The maximum absolute atomic E-state index is 5.85. The Bertz CT molecular complexity index is 1000. The van der Waals surface area contributed by atoms with Gasteiger partial charge in [-0.1, -0.05) is 94.9 Å². The monoisotopic (exact) mass is 426 g/mol. The average molecular weight is 427 g/mol. The summed E-state index contributed by atoms with van der Waals surface area (Å²) >= 11 is 0. The van der Waals surface area contributed by atoms with Crippen molar-refractivity contribution in [2.45, 2.75) is 78.1 Å². The van der Waals surface area contributed by atoms with Crippen LogP contribution in [0.3, 0.4) is 0 Å². The minimum absolute atomic E-state index is 0.798. The fraction of sp³-hybridized carbons (Fsp3) is 0.419. The van der Waals surface area contributed by atoms with Gasteiger partial charge in [0.05, 0.1) is 6.61 Å². The van der Waals surface area contributed by atoms with Crippen LogP contribution in [-0.2, 0) is 6.42 Å². The van der Waals surface area contributed by atoms with Crippen molar-refractivity contribution in [2.24, 2.45) is 0 Å². The standard InChI is InChI=1S/C31H38O/c1-3-5-7-9-11-23-32-31-21-17-26(18-22-31)13-14-28-16-20-29-24-27(12-10-8-6-4-2)15-19-30(29)25-28/h15-22,24-25H,3-12,23H2,1-2H3. The highest BCUT2D eigenvalue weighted by Gasteiger charge is 1.99. The molecule has 0 aliphatic carbocycles. The summed E-state index contributed by atoms with van der Waals surface area (Å²) in [6.45, 7) is 5.30.